The van der Waals surface area contributed by atoms with Gasteiger partial charge in [0.2, 0.25) is 0 Å². The Kier molecular flexibility index (Phi) is 65.2. The highest BCUT2D eigenvalue weighted by atomic mass is 31.2. The van der Waals surface area contributed by atoms with Gasteiger partial charge in [0, 0.05) is 25.7 Å². The lowest BCUT2D eigenvalue weighted by Crippen LogP contribution is -2.30. The number of phosphoric acid groups is 2. The summed E-state index contributed by atoms with van der Waals surface area (Å²) in [6, 6.07) is 0. The van der Waals surface area contributed by atoms with Crippen molar-refractivity contribution < 1.29 is 80.2 Å². The summed E-state index contributed by atoms with van der Waals surface area (Å²) in [5, 5.41) is 10.6. The van der Waals surface area contributed by atoms with Crippen molar-refractivity contribution in [1.82, 2.24) is 0 Å². The molecular formula is C76H148O17P2. The Labute approximate surface area is 581 Å². The van der Waals surface area contributed by atoms with Gasteiger partial charge in [-0.2, -0.15) is 0 Å². The third-order valence-corrected chi connectivity index (χ3v) is 19.9. The molecule has 0 spiro atoms. The maximum Gasteiger partial charge on any atom is 0.472 e. The highest BCUT2D eigenvalue weighted by Gasteiger charge is 2.30. The second kappa shape index (κ2) is 66.6. The van der Waals surface area contributed by atoms with Crippen LogP contribution in [0.25, 0.3) is 0 Å². The molecule has 0 aliphatic carbocycles. The van der Waals surface area contributed by atoms with E-state index in [1.807, 2.05) is 0 Å². The van der Waals surface area contributed by atoms with Gasteiger partial charge < -0.3 is 33.8 Å². The number of phosphoric ester groups is 2. The predicted molar refractivity (Wildman–Crippen MR) is 386 cm³/mol. The van der Waals surface area contributed by atoms with Crippen LogP contribution in [-0.4, -0.2) is 96.7 Å². The molecule has 19 heteroatoms. The molecule has 564 valence electrons. The zero-order valence-electron chi connectivity index (χ0n) is 62.1. The van der Waals surface area contributed by atoms with Gasteiger partial charge in [-0.25, -0.2) is 9.13 Å². The second-order valence-corrected chi connectivity index (χ2v) is 31.5. The lowest BCUT2D eigenvalue weighted by Gasteiger charge is -2.21. The highest BCUT2D eigenvalue weighted by molar-refractivity contribution is 7.47. The van der Waals surface area contributed by atoms with Gasteiger partial charge in [-0.3, -0.25) is 37.3 Å². The second-order valence-electron chi connectivity index (χ2n) is 28.6. The van der Waals surface area contributed by atoms with Crippen molar-refractivity contribution in [2.45, 2.75) is 407 Å². The number of rotatable bonds is 74. The van der Waals surface area contributed by atoms with Crippen molar-refractivity contribution in [2.24, 2.45) is 17.8 Å². The summed E-state index contributed by atoms with van der Waals surface area (Å²) >= 11 is 0. The van der Waals surface area contributed by atoms with Crippen molar-refractivity contribution >= 4 is 39.5 Å². The van der Waals surface area contributed by atoms with Crippen molar-refractivity contribution in [1.29, 1.82) is 0 Å². The molecule has 0 fully saturated rings. The molecule has 95 heavy (non-hydrogen) atoms. The Morgan fingerprint density at radius 3 is 0.800 bits per heavy atom. The maximum absolute atomic E-state index is 13.1. The first-order chi connectivity index (χ1) is 45.8. The summed E-state index contributed by atoms with van der Waals surface area (Å²) < 4.78 is 68.5. The van der Waals surface area contributed by atoms with Crippen LogP contribution >= 0.6 is 15.6 Å². The van der Waals surface area contributed by atoms with E-state index in [0.717, 1.165) is 108 Å². The Morgan fingerprint density at radius 1 is 0.305 bits per heavy atom. The summed E-state index contributed by atoms with van der Waals surface area (Å²) in [5.41, 5.74) is 0. The fraction of sp³-hybridized carbons (Fsp3) is 0.947. The SMILES string of the molecule is CCCCCCCCCCCCCCCCCCC(=O)OC[C@H](COP(=O)(O)OC[C@@H](O)COP(=O)(O)OC[C@@H](COC(=O)CCCCCCCCC(C)C)OC(=O)CCCCCCCCCCCC(C)C)OC(=O)CCCCCCCCCCCCCCCCC(C)CC. The topological polar surface area (TPSA) is 237 Å². The lowest BCUT2D eigenvalue weighted by molar-refractivity contribution is -0.161. The van der Waals surface area contributed by atoms with Crippen LogP contribution in [0.1, 0.15) is 389 Å². The van der Waals surface area contributed by atoms with Crippen LogP contribution in [0.15, 0.2) is 0 Å². The Bertz CT molecular complexity index is 1850. The number of carbonyl (C=O) groups excluding carboxylic acids is 4. The Balaban J connectivity index is 5.23. The summed E-state index contributed by atoms with van der Waals surface area (Å²) in [5.74, 6) is 0.142. The minimum absolute atomic E-state index is 0.104. The van der Waals surface area contributed by atoms with Crippen LogP contribution in [0.2, 0.25) is 0 Å². The van der Waals surface area contributed by atoms with E-state index in [9.17, 15) is 43.2 Å². The molecule has 0 saturated carbocycles. The van der Waals surface area contributed by atoms with Crippen LogP contribution in [0.5, 0.6) is 0 Å². The van der Waals surface area contributed by atoms with E-state index in [1.54, 1.807) is 0 Å². The number of unbranched alkanes of at least 4 members (excludes halogenated alkanes) is 41. The van der Waals surface area contributed by atoms with Crippen LogP contribution in [0, 0.1) is 17.8 Å². The maximum atomic E-state index is 13.1. The van der Waals surface area contributed by atoms with Crippen molar-refractivity contribution in [3.05, 3.63) is 0 Å². The van der Waals surface area contributed by atoms with Crippen molar-refractivity contribution in [3.63, 3.8) is 0 Å². The monoisotopic (exact) mass is 1400 g/mol. The van der Waals surface area contributed by atoms with Gasteiger partial charge in [0.15, 0.2) is 12.2 Å². The van der Waals surface area contributed by atoms with Crippen LogP contribution in [0.3, 0.4) is 0 Å². The fourth-order valence-electron chi connectivity index (χ4n) is 11.6. The molecule has 0 heterocycles. The van der Waals surface area contributed by atoms with E-state index in [0.29, 0.717) is 31.6 Å². The van der Waals surface area contributed by atoms with Gasteiger partial charge in [-0.05, 0) is 43.4 Å². The normalized spacial score (nSPS) is 14.4. The third kappa shape index (κ3) is 69.0. The summed E-state index contributed by atoms with van der Waals surface area (Å²) in [6.07, 6.45) is 52.8. The smallest absolute Gasteiger partial charge is 0.462 e. The summed E-state index contributed by atoms with van der Waals surface area (Å²) in [7, 11) is -9.91. The molecule has 6 atom stereocenters. The average molecular weight is 1400 g/mol. The van der Waals surface area contributed by atoms with Crippen LogP contribution < -0.4 is 0 Å². The largest absolute Gasteiger partial charge is 0.472 e. The minimum Gasteiger partial charge on any atom is -0.462 e. The standard InChI is InChI=1S/C76H148O17P2/c1-8-10-11-12-13-14-15-16-17-18-22-25-30-35-43-50-57-73(78)86-63-71(92-75(80)59-52-45-36-31-26-23-20-19-21-24-29-34-42-49-56-69(7)9-2)65-90-94(82,83)88-61-70(77)62-89-95(84,85)91-66-72(64-87-74(79)58-51-44-39-38-41-48-55-68(5)6)93-76(81)60-53-46-37-32-27-28-33-40-47-54-67(3)4/h67-72,77H,8-66H2,1-7H3,(H,82,83)(H,84,85)/t69?,70-,71-,72-/m1/s1. The van der Waals surface area contributed by atoms with Gasteiger partial charge in [-0.15, -0.1) is 0 Å². The fourth-order valence-corrected chi connectivity index (χ4v) is 13.1. The number of aliphatic hydroxyl groups excluding tert-OH is 1. The molecule has 0 aromatic carbocycles. The third-order valence-electron chi connectivity index (χ3n) is 18.0. The van der Waals surface area contributed by atoms with E-state index < -0.39 is 97.5 Å². The first-order valence-electron chi connectivity index (χ1n) is 39.4. The Morgan fingerprint density at radius 2 is 0.537 bits per heavy atom. The predicted octanol–water partition coefficient (Wildman–Crippen LogP) is 22.2. The van der Waals surface area contributed by atoms with Crippen LogP contribution in [0.4, 0.5) is 0 Å². The molecule has 3 N–H and O–H groups in total. The number of hydrogen-bond donors (Lipinski definition) is 3. The van der Waals surface area contributed by atoms with Gasteiger partial charge >= 0.3 is 39.5 Å². The molecule has 0 aromatic heterocycles. The molecule has 0 radical (unpaired) electrons. The first kappa shape index (κ1) is 93.1. The quantitative estimate of drug-likeness (QED) is 0.0222. The molecule has 0 aromatic rings. The molecule has 17 nitrogen and oxygen atoms in total. The van der Waals surface area contributed by atoms with Crippen LogP contribution in [-0.2, 0) is 65.4 Å². The minimum atomic E-state index is -4.96. The number of aliphatic hydroxyl groups is 1. The van der Waals surface area contributed by atoms with E-state index in [-0.39, 0.29) is 25.7 Å². The molecule has 0 saturated heterocycles. The van der Waals surface area contributed by atoms with E-state index in [2.05, 4.69) is 48.5 Å². The van der Waals surface area contributed by atoms with Gasteiger partial charge in [0.05, 0.1) is 26.4 Å². The zero-order valence-corrected chi connectivity index (χ0v) is 63.9. The number of carbonyl (C=O) groups is 4. The van der Waals surface area contributed by atoms with Gasteiger partial charge in [0.1, 0.15) is 19.3 Å². The molecular weight excluding hydrogens is 1250 g/mol. The molecule has 0 amide bonds. The van der Waals surface area contributed by atoms with Gasteiger partial charge in [-0.1, -0.05) is 337 Å². The number of esters is 4. The Hall–Kier alpha value is -1.94. The molecule has 0 rings (SSSR count). The molecule has 0 aliphatic heterocycles. The first-order valence-corrected chi connectivity index (χ1v) is 42.4. The van der Waals surface area contributed by atoms with Crippen molar-refractivity contribution in [3.8, 4) is 0 Å². The van der Waals surface area contributed by atoms with Crippen molar-refractivity contribution in [2.75, 3.05) is 39.6 Å². The van der Waals surface area contributed by atoms with E-state index >= 15 is 0 Å². The van der Waals surface area contributed by atoms with E-state index in [4.69, 9.17) is 37.0 Å². The summed E-state index contributed by atoms with van der Waals surface area (Å²) in [6.45, 7) is 11.8. The molecule has 0 bridgehead atoms. The zero-order chi connectivity index (χ0) is 70.1. The molecule has 3 unspecified atom stereocenters. The highest BCUT2D eigenvalue weighted by Crippen LogP contribution is 2.45. The van der Waals surface area contributed by atoms with E-state index in [1.165, 1.54) is 193 Å². The number of ether oxygens (including phenoxy) is 4. The lowest BCUT2D eigenvalue weighted by atomic mass is 9.99. The van der Waals surface area contributed by atoms with Gasteiger partial charge in [0.25, 0.3) is 0 Å². The number of hydrogen-bond acceptors (Lipinski definition) is 15. The average Bonchev–Trinajstić information content (AvgIpc) is 2.81. The molecule has 0 aliphatic rings. The summed E-state index contributed by atoms with van der Waals surface area (Å²) in [4.78, 5) is 72.8.